The molecule has 2 aliphatic heterocycles. The number of hydrogen-bond acceptors (Lipinski definition) is 6. The van der Waals surface area contributed by atoms with Gasteiger partial charge in [0.2, 0.25) is 0 Å². The molecule has 2 aliphatic rings. The van der Waals surface area contributed by atoms with Crippen molar-refractivity contribution in [1.29, 1.82) is 0 Å². The molecule has 1 aromatic heterocycles. The highest BCUT2D eigenvalue weighted by Crippen LogP contribution is 2.48. The highest BCUT2D eigenvalue weighted by Gasteiger charge is 2.38. The standard InChI is InChI=1S/C26H26F3N3O3S2/c1-25(2)15-22(19-5-3-17(26(27,28)29)13-21(19)16-7-9-30-10-8-16)20-6-4-18(14-23(20)35-25)37(33,34)32-24-31-11-12-36-24/h3-7,11-14,22,30H,8-10,15H2,1-2H3,(H,31,32). The zero-order chi connectivity index (χ0) is 26.4. The third kappa shape index (κ3) is 5.39. The van der Waals surface area contributed by atoms with Gasteiger partial charge >= 0.3 is 6.18 Å². The number of hydrogen-bond donors (Lipinski definition) is 2. The van der Waals surface area contributed by atoms with Crippen molar-refractivity contribution in [2.24, 2.45) is 0 Å². The van der Waals surface area contributed by atoms with Crippen molar-refractivity contribution in [2.75, 3.05) is 17.8 Å². The van der Waals surface area contributed by atoms with Crippen LogP contribution >= 0.6 is 11.3 Å². The number of halogens is 3. The normalized spacial score (nSPS) is 19.5. The molecule has 37 heavy (non-hydrogen) atoms. The van der Waals surface area contributed by atoms with Crippen LogP contribution in [0.4, 0.5) is 18.3 Å². The van der Waals surface area contributed by atoms with Gasteiger partial charge in [0.05, 0.1) is 10.5 Å². The summed E-state index contributed by atoms with van der Waals surface area (Å²) in [5.41, 5.74) is 1.60. The van der Waals surface area contributed by atoms with Gasteiger partial charge in [0.1, 0.15) is 11.4 Å². The van der Waals surface area contributed by atoms with Gasteiger partial charge in [-0.15, -0.1) is 11.3 Å². The van der Waals surface area contributed by atoms with Crippen LogP contribution in [0, 0.1) is 0 Å². The molecule has 2 N–H and O–H groups in total. The minimum Gasteiger partial charge on any atom is -0.487 e. The van der Waals surface area contributed by atoms with E-state index in [9.17, 15) is 21.6 Å². The lowest BCUT2D eigenvalue weighted by Gasteiger charge is -2.39. The summed E-state index contributed by atoms with van der Waals surface area (Å²) in [6, 6.07) is 8.60. The SMILES string of the molecule is CC1(C)CC(c2ccc(C(F)(F)F)cc2C2=CCNCC2)c2ccc(S(=O)(=O)Nc3nccs3)cc2O1. The van der Waals surface area contributed by atoms with Crippen LogP contribution in [-0.2, 0) is 16.2 Å². The first-order valence-corrected chi connectivity index (χ1v) is 14.2. The Morgan fingerprint density at radius 3 is 2.62 bits per heavy atom. The first-order chi connectivity index (χ1) is 17.4. The van der Waals surface area contributed by atoms with E-state index in [1.165, 1.54) is 35.7 Å². The van der Waals surface area contributed by atoms with E-state index < -0.39 is 27.4 Å². The molecule has 0 fully saturated rings. The van der Waals surface area contributed by atoms with E-state index in [2.05, 4.69) is 15.0 Å². The van der Waals surface area contributed by atoms with Crippen molar-refractivity contribution in [3.05, 3.63) is 76.3 Å². The Morgan fingerprint density at radius 2 is 1.95 bits per heavy atom. The zero-order valence-corrected chi connectivity index (χ0v) is 21.9. The molecule has 2 aromatic carbocycles. The molecule has 6 nitrogen and oxygen atoms in total. The fraction of sp³-hybridized carbons (Fsp3) is 0.346. The van der Waals surface area contributed by atoms with Gasteiger partial charge < -0.3 is 10.1 Å². The molecule has 0 saturated heterocycles. The number of anilines is 1. The lowest BCUT2D eigenvalue weighted by atomic mass is 9.76. The number of benzene rings is 2. The largest absolute Gasteiger partial charge is 0.487 e. The van der Waals surface area contributed by atoms with Crippen LogP contribution in [0.5, 0.6) is 5.75 Å². The summed E-state index contributed by atoms with van der Waals surface area (Å²) < 4.78 is 75.5. The summed E-state index contributed by atoms with van der Waals surface area (Å²) in [4.78, 5) is 3.99. The van der Waals surface area contributed by atoms with Crippen LogP contribution in [-0.4, -0.2) is 32.1 Å². The maximum absolute atomic E-state index is 13.6. The maximum atomic E-state index is 13.6. The molecule has 1 atom stereocenters. The summed E-state index contributed by atoms with van der Waals surface area (Å²) in [5, 5.41) is 5.13. The van der Waals surface area contributed by atoms with Crippen molar-refractivity contribution in [1.82, 2.24) is 10.3 Å². The third-order valence-electron chi connectivity index (χ3n) is 6.57. The molecule has 3 heterocycles. The predicted octanol–water partition coefficient (Wildman–Crippen LogP) is 6.03. The topological polar surface area (TPSA) is 80.3 Å². The average molecular weight is 550 g/mol. The van der Waals surface area contributed by atoms with Gasteiger partial charge in [-0.05, 0) is 68.1 Å². The zero-order valence-electron chi connectivity index (χ0n) is 20.2. The minimum atomic E-state index is -4.46. The molecule has 11 heteroatoms. The number of sulfonamides is 1. The van der Waals surface area contributed by atoms with Crippen molar-refractivity contribution < 1.29 is 26.3 Å². The highest BCUT2D eigenvalue weighted by atomic mass is 32.2. The summed E-state index contributed by atoms with van der Waals surface area (Å²) >= 11 is 1.17. The smallest absolute Gasteiger partial charge is 0.416 e. The number of thiazole rings is 1. The fourth-order valence-electron chi connectivity index (χ4n) is 4.91. The maximum Gasteiger partial charge on any atom is 0.416 e. The molecule has 3 aromatic rings. The molecule has 0 amide bonds. The lowest BCUT2D eigenvalue weighted by molar-refractivity contribution is -0.137. The second kappa shape index (κ2) is 9.45. The van der Waals surface area contributed by atoms with Crippen LogP contribution in [0.3, 0.4) is 0 Å². The van der Waals surface area contributed by atoms with E-state index in [0.29, 0.717) is 37.2 Å². The van der Waals surface area contributed by atoms with Crippen LogP contribution in [0.2, 0.25) is 0 Å². The number of fused-ring (bicyclic) bond motifs is 1. The van der Waals surface area contributed by atoms with Crippen molar-refractivity contribution >= 4 is 32.1 Å². The minimum absolute atomic E-state index is 0.0200. The molecule has 1 unspecified atom stereocenters. The summed E-state index contributed by atoms with van der Waals surface area (Å²) in [6.45, 7) is 5.07. The Bertz CT molecular complexity index is 1450. The van der Waals surface area contributed by atoms with Gasteiger partial charge in [0, 0.05) is 35.7 Å². The quantitative estimate of drug-likeness (QED) is 0.406. The van der Waals surface area contributed by atoms with E-state index in [1.54, 1.807) is 17.5 Å². The Kier molecular flexibility index (Phi) is 6.57. The van der Waals surface area contributed by atoms with Crippen molar-refractivity contribution in [3.8, 4) is 5.75 Å². The number of rotatable bonds is 5. The number of nitrogens with zero attached hydrogens (tertiary/aromatic N) is 1. The summed E-state index contributed by atoms with van der Waals surface area (Å²) in [7, 11) is -3.91. The molecule has 0 aliphatic carbocycles. The molecular formula is C26H26F3N3O3S2. The highest BCUT2D eigenvalue weighted by molar-refractivity contribution is 7.93. The molecule has 196 valence electrons. The number of aromatic nitrogens is 1. The number of nitrogens with one attached hydrogen (secondary N) is 2. The van der Waals surface area contributed by atoms with Gasteiger partial charge in [-0.3, -0.25) is 4.72 Å². The van der Waals surface area contributed by atoms with Crippen molar-refractivity contribution in [2.45, 2.75) is 49.3 Å². The van der Waals surface area contributed by atoms with Gasteiger partial charge in [0.15, 0.2) is 5.13 Å². The van der Waals surface area contributed by atoms with Gasteiger partial charge in [-0.1, -0.05) is 18.2 Å². The van der Waals surface area contributed by atoms with Crippen LogP contribution in [0.25, 0.3) is 5.57 Å². The Hall–Kier alpha value is -2.89. The summed E-state index contributed by atoms with van der Waals surface area (Å²) in [6.07, 6.45) is 0.126. The molecule has 5 rings (SSSR count). The molecular weight excluding hydrogens is 523 g/mol. The Morgan fingerprint density at radius 1 is 1.16 bits per heavy atom. The average Bonchev–Trinajstić information content (AvgIpc) is 3.34. The van der Waals surface area contributed by atoms with Gasteiger partial charge in [-0.2, -0.15) is 13.2 Å². The van der Waals surface area contributed by atoms with Gasteiger partial charge in [-0.25, -0.2) is 13.4 Å². The Balaban J connectivity index is 1.60. The van der Waals surface area contributed by atoms with E-state index in [0.717, 1.165) is 22.8 Å². The van der Waals surface area contributed by atoms with Crippen LogP contribution < -0.4 is 14.8 Å². The van der Waals surface area contributed by atoms with Gasteiger partial charge in [0.25, 0.3) is 10.0 Å². The third-order valence-corrected chi connectivity index (χ3v) is 8.73. The summed E-state index contributed by atoms with van der Waals surface area (Å²) in [5.74, 6) is 0.115. The molecule has 0 saturated carbocycles. The first-order valence-electron chi connectivity index (χ1n) is 11.8. The van der Waals surface area contributed by atoms with E-state index in [4.69, 9.17) is 4.74 Å². The first kappa shape index (κ1) is 25.7. The molecule has 0 radical (unpaired) electrons. The fourth-order valence-corrected chi connectivity index (χ4v) is 6.71. The monoisotopic (exact) mass is 549 g/mol. The second-order valence-electron chi connectivity index (χ2n) is 9.74. The van der Waals surface area contributed by atoms with Crippen LogP contribution in [0.1, 0.15) is 54.9 Å². The molecule has 0 bridgehead atoms. The second-order valence-corrected chi connectivity index (χ2v) is 12.3. The van der Waals surface area contributed by atoms with E-state index >= 15 is 0 Å². The number of ether oxygens (including phenoxy) is 1. The van der Waals surface area contributed by atoms with Crippen LogP contribution in [0.15, 0.2) is 58.9 Å². The predicted molar refractivity (Wildman–Crippen MR) is 137 cm³/mol. The van der Waals surface area contributed by atoms with Crippen molar-refractivity contribution in [3.63, 3.8) is 0 Å². The Labute approximate surface area is 217 Å². The van der Waals surface area contributed by atoms with E-state index in [1.807, 2.05) is 19.9 Å². The molecule has 0 spiro atoms. The number of alkyl halides is 3. The van der Waals surface area contributed by atoms with E-state index in [-0.39, 0.29) is 15.9 Å². The lowest BCUT2D eigenvalue weighted by Crippen LogP contribution is -2.35.